The van der Waals surface area contributed by atoms with Crippen molar-refractivity contribution in [1.29, 1.82) is 0 Å². The zero-order chi connectivity index (χ0) is 22.1. The molecule has 9 heteroatoms. The number of nitrogens with two attached hydrogens (primary N) is 1. The maximum atomic E-state index is 14.6. The summed E-state index contributed by atoms with van der Waals surface area (Å²) in [6.45, 7) is 6.77. The molecule has 1 aromatic carbocycles. The average Bonchev–Trinajstić information content (AvgIpc) is 3.06. The molecule has 0 aliphatic carbocycles. The highest BCUT2D eigenvalue weighted by Gasteiger charge is 2.20. The van der Waals surface area contributed by atoms with Gasteiger partial charge >= 0.3 is 0 Å². The summed E-state index contributed by atoms with van der Waals surface area (Å²) < 4.78 is 29.1. The van der Waals surface area contributed by atoms with Crippen molar-refractivity contribution >= 4 is 38.8 Å². The summed E-state index contributed by atoms with van der Waals surface area (Å²) in [5.41, 5.74) is 8.97. The zero-order valence-electron chi connectivity index (χ0n) is 17.5. The van der Waals surface area contributed by atoms with Crippen LogP contribution in [0, 0.1) is 25.5 Å². The van der Waals surface area contributed by atoms with Crippen molar-refractivity contribution in [3.63, 3.8) is 0 Å². The predicted molar refractivity (Wildman–Crippen MR) is 121 cm³/mol. The van der Waals surface area contributed by atoms with Gasteiger partial charge in [-0.25, -0.2) is 13.8 Å². The molecule has 1 aliphatic heterocycles. The van der Waals surface area contributed by atoms with Crippen LogP contribution in [-0.4, -0.2) is 43.6 Å². The van der Waals surface area contributed by atoms with E-state index in [1.54, 1.807) is 0 Å². The van der Waals surface area contributed by atoms with Crippen molar-refractivity contribution in [3.8, 4) is 0 Å². The van der Waals surface area contributed by atoms with Crippen LogP contribution in [0.2, 0.25) is 0 Å². The number of nitrogens with zero attached hydrogens (tertiary/aromatic N) is 2. The number of hydrogen-bond acceptors (Lipinski definition) is 6. The molecular formula is C22H25F2N5OS. The summed E-state index contributed by atoms with van der Waals surface area (Å²) in [4.78, 5) is 20.0. The molecule has 0 spiro atoms. The third kappa shape index (κ3) is 4.33. The molecule has 3 heterocycles. The van der Waals surface area contributed by atoms with Gasteiger partial charge in [-0.05, 0) is 43.5 Å². The number of aryl methyl sites for hydroxylation is 2. The van der Waals surface area contributed by atoms with E-state index in [1.807, 2.05) is 24.8 Å². The molecule has 4 rings (SSSR count). The normalized spacial score (nSPS) is 14.3. The predicted octanol–water partition coefficient (Wildman–Crippen LogP) is 3.16. The molecule has 0 atom stereocenters. The topological polar surface area (TPSA) is 83.3 Å². The Balaban J connectivity index is 1.43. The van der Waals surface area contributed by atoms with Crippen molar-refractivity contribution in [1.82, 2.24) is 15.6 Å². The SMILES string of the molecule is Cc1cc2c(N)c(C(=O)NCCc3cc(F)c(N4CCNCC4)cc3F)sc2nc1C. The fourth-order valence-corrected chi connectivity index (χ4v) is 4.74. The van der Waals surface area contributed by atoms with Crippen molar-refractivity contribution in [3.05, 3.63) is 51.5 Å². The smallest absolute Gasteiger partial charge is 0.263 e. The van der Waals surface area contributed by atoms with Crippen LogP contribution >= 0.6 is 11.3 Å². The Labute approximate surface area is 183 Å². The Morgan fingerprint density at radius 1 is 1.23 bits per heavy atom. The first-order valence-corrected chi connectivity index (χ1v) is 11.0. The number of thiophene rings is 1. The lowest BCUT2D eigenvalue weighted by Gasteiger charge is -2.30. The van der Waals surface area contributed by atoms with Gasteiger partial charge in [-0.3, -0.25) is 4.79 Å². The summed E-state index contributed by atoms with van der Waals surface area (Å²) in [7, 11) is 0. The molecule has 1 saturated heterocycles. The standard InChI is InChI=1S/C22H25F2N5OS/c1-12-9-15-19(25)20(31-22(15)28-13(12)2)21(30)27-4-3-14-10-17(24)18(11-16(14)23)29-7-5-26-6-8-29/h9-11,26H,3-8,25H2,1-2H3,(H,27,30). The minimum atomic E-state index is -0.472. The van der Waals surface area contributed by atoms with E-state index in [0.717, 1.165) is 29.7 Å². The van der Waals surface area contributed by atoms with Gasteiger partial charge in [-0.2, -0.15) is 0 Å². The maximum absolute atomic E-state index is 14.6. The number of benzene rings is 1. The second-order valence-corrected chi connectivity index (χ2v) is 8.73. The number of aromatic nitrogens is 1. The van der Waals surface area contributed by atoms with Gasteiger partial charge in [-0.15, -0.1) is 11.3 Å². The molecule has 3 aromatic rings. The Hall–Kier alpha value is -2.78. The minimum absolute atomic E-state index is 0.168. The highest BCUT2D eigenvalue weighted by Crippen LogP contribution is 2.33. The van der Waals surface area contributed by atoms with Gasteiger partial charge in [0.15, 0.2) is 0 Å². The van der Waals surface area contributed by atoms with E-state index in [1.165, 1.54) is 23.5 Å². The molecule has 0 unspecified atom stereocenters. The van der Waals surface area contributed by atoms with Crippen molar-refractivity contribution in [2.24, 2.45) is 0 Å². The first-order chi connectivity index (χ1) is 14.8. The summed E-state index contributed by atoms with van der Waals surface area (Å²) in [5, 5.41) is 6.71. The minimum Gasteiger partial charge on any atom is -0.397 e. The lowest BCUT2D eigenvalue weighted by atomic mass is 10.1. The number of carbonyl (C=O) groups is 1. The van der Waals surface area contributed by atoms with E-state index < -0.39 is 11.6 Å². The van der Waals surface area contributed by atoms with Gasteiger partial charge < -0.3 is 21.3 Å². The number of nitrogens with one attached hydrogen (secondary N) is 2. The van der Waals surface area contributed by atoms with Crippen molar-refractivity contribution in [2.45, 2.75) is 20.3 Å². The number of hydrogen-bond donors (Lipinski definition) is 3. The number of pyridine rings is 1. The van der Waals surface area contributed by atoms with Gasteiger partial charge in [0.25, 0.3) is 5.91 Å². The number of anilines is 2. The lowest BCUT2D eigenvalue weighted by Crippen LogP contribution is -2.44. The fourth-order valence-electron chi connectivity index (χ4n) is 3.70. The van der Waals surface area contributed by atoms with Crippen LogP contribution < -0.4 is 21.3 Å². The van der Waals surface area contributed by atoms with E-state index in [4.69, 9.17) is 5.73 Å². The van der Waals surface area contributed by atoms with Crippen molar-refractivity contribution in [2.75, 3.05) is 43.4 Å². The Morgan fingerprint density at radius 3 is 2.71 bits per heavy atom. The van der Waals surface area contributed by atoms with Crippen LogP contribution in [0.25, 0.3) is 10.2 Å². The van der Waals surface area contributed by atoms with E-state index in [-0.39, 0.29) is 30.1 Å². The van der Waals surface area contributed by atoms with E-state index in [2.05, 4.69) is 15.6 Å². The first-order valence-electron chi connectivity index (χ1n) is 10.2. The summed E-state index contributed by atoms with van der Waals surface area (Å²) in [5.74, 6) is -1.26. The third-order valence-corrected chi connectivity index (χ3v) is 6.74. The van der Waals surface area contributed by atoms with Gasteiger partial charge in [0.05, 0.1) is 11.4 Å². The molecule has 164 valence electrons. The van der Waals surface area contributed by atoms with Crippen LogP contribution in [0.1, 0.15) is 26.5 Å². The molecule has 0 bridgehead atoms. The largest absolute Gasteiger partial charge is 0.397 e. The Bertz CT molecular complexity index is 1140. The molecule has 2 aromatic heterocycles. The number of amides is 1. The highest BCUT2D eigenvalue weighted by atomic mass is 32.1. The highest BCUT2D eigenvalue weighted by molar-refractivity contribution is 7.21. The fraction of sp³-hybridized carbons (Fsp3) is 0.364. The average molecular weight is 446 g/mol. The number of carbonyl (C=O) groups excluding carboxylic acids is 1. The molecule has 1 aliphatic rings. The van der Waals surface area contributed by atoms with Gasteiger partial charge in [-0.1, -0.05) is 0 Å². The summed E-state index contributed by atoms with van der Waals surface area (Å²) >= 11 is 1.23. The maximum Gasteiger partial charge on any atom is 0.263 e. The molecule has 6 nitrogen and oxygen atoms in total. The van der Waals surface area contributed by atoms with Crippen LogP contribution in [0.3, 0.4) is 0 Å². The quantitative estimate of drug-likeness (QED) is 0.562. The van der Waals surface area contributed by atoms with Gasteiger partial charge in [0.2, 0.25) is 0 Å². The number of fused-ring (bicyclic) bond motifs is 1. The Morgan fingerprint density at radius 2 is 1.97 bits per heavy atom. The number of rotatable bonds is 5. The second-order valence-electron chi connectivity index (χ2n) is 7.73. The van der Waals surface area contributed by atoms with Crippen LogP contribution in [0.4, 0.5) is 20.2 Å². The van der Waals surface area contributed by atoms with E-state index in [0.29, 0.717) is 28.5 Å². The Kier molecular flexibility index (Phi) is 6.06. The van der Waals surface area contributed by atoms with Crippen LogP contribution in [-0.2, 0) is 6.42 Å². The molecular weight excluding hydrogens is 420 g/mol. The van der Waals surface area contributed by atoms with E-state index in [9.17, 15) is 13.6 Å². The van der Waals surface area contributed by atoms with E-state index >= 15 is 0 Å². The number of piperazine rings is 1. The second kappa shape index (κ2) is 8.76. The monoisotopic (exact) mass is 445 g/mol. The molecule has 0 radical (unpaired) electrons. The van der Waals surface area contributed by atoms with Gasteiger partial charge in [0, 0.05) is 49.9 Å². The zero-order valence-corrected chi connectivity index (χ0v) is 18.3. The summed E-state index contributed by atoms with van der Waals surface area (Å²) in [6.07, 6.45) is 0.178. The van der Waals surface area contributed by atoms with Crippen molar-refractivity contribution < 1.29 is 13.6 Å². The molecule has 1 amide bonds. The molecule has 31 heavy (non-hydrogen) atoms. The third-order valence-electron chi connectivity index (χ3n) is 5.62. The lowest BCUT2D eigenvalue weighted by molar-refractivity contribution is 0.0959. The first kappa shape index (κ1) is 21.5. The van der Waals surface area contributed by atoms with Gasteiger partial charge in [0.1, 0.15) is 21.3 Å². The van der Waals surface area contributed by atoms with Crippen LogP contribution in [0.15, 0.2) is 18.2 Å². The molecule has 1 fully saturated rings. The molecule has 0 saturated carbocycles. The van der Waals surface area contributed by atoms with Crippen LogP contribution in [0.5, 0.6) is 0 Å². The number of halogens is 2. The summed E-state index contributed by atoms with van der Waals surface area (Å²) in [6, 6.07) is 4.40. The number of nitrogen functional groups attached to an aromatic ring is 1. The molecule has 4 N–H and O–H groups in total.